The molecular weight excluding hydrogens is 226 g/mol. The van der Waals surface area contributed by atoms with Gasteiger partial charge in [-0.2, -0.15) is 0 Å². The normalized spacial score (nSPS) is 10.0. The number of carbonyl (C=O) groups is 1. The molecule has 0 radical (unpaired) electrons. The molecule has 0 amide bonds. The van der Waals surface area contributed by atoms with Gasteiger partial charge >= 0.3 is 0 Å². The van der Waals surface area contributed by atoms with E-state index in [9.17, 15) is 4.79 Å². The predicted octanol–water partition coefficient (Wildman–Crippen LogP) is 2.13. The molecule has 2 aromatic rings. The van der Waals surface area contributed by atoms with Gasteiger partial charge in [0, 0.05) is 34.8 Å². The SMILES string of the molecule is C=C(C=O)c1cc(-c2cncc(N)c2)ccc1N. The molecule has 0 atom stereocenters. The van der Waals surface area contributed by atoms with Crippen molar-refractivity contribution >= 4 is 23.2 Å². The Hall–Kier alpha value is -2.62. The second-order valence-corrected chi connectivity index (χ2v) is 3.95. The van der Waals surface area contributed by atoms with Gasteiger partial charge in [0.1, 0.15) is 6.29 Å². The number of pyridine rings is 1. The minimum atomic E-state index is 0.353. The number of allylic oxidation sites excluding steroid dienone is 1. The Balaban J connectivity index is 2.53. The number of aromatic nitrogens is 1. The molecular formula is C14H13N3O. The molecule has 0 aliphatic heterocycles. The van der Waals surface area contributed by atoms with E-state index in [1.807, 2.05) is 18.2 Å². The van der Waals surface area contributed by atoms with Gasteiger partial charge in [-0.15, -0.1) is 0 Å². The van der Waals surface area contributed by atoms with Crippen LogP contribution in [0.4, 0.5) is 11.4 Å². The predicted molar refractivity (Wildman–Crippen MR) is 73.6 cm³/mol. The Kier molecular flexibility index (Phi) is 3.10. The second kappa shape index (κ2) is 4.71. The van der Waals surface area contributed by atoms with Crippen molar-refractivity contribution in [2.75, 3.05) is 11.5 Å². The maximum atomic E-state index is 10.8. The molecule has 2 rings (SSSR count). The lowest BCUT2D eigenvalue weighted by Gasteiger charge is -2.08. The lowest BCUT2D eigenvalue weighted by molar-refractivity contribution is -0.103. The lowest BCUT2D eigenvalue weighted by atomic mass is 9.99. The van der Waals surface area contributed by atoms with E-state index in [1.54, 1.807) is 18.5 Å². The highest BCUT2D eigenvalue weighted by molar-refractivity contribution is 6.08. The first-order valence-electron chi connectivity index (χ1n) is 5.36. The molecule has 0 fully saturated rings. The number of carbonyl (C=O) groups excluding carboxylic acids is 1. The molecule has 1 aromatic carbocycles. The van der Waals surface area contributed by atoms with Crippen molar-refractivity contribution < 1.29 is 4.79 Å². The van der Waals surface area contributed by atoms with Crippen LogP contribution in [0.25, 0.3) is 16.7 Å². The van der Waals surface area contributed by atoms with Crippen LogP contribution in [-0.4, -0.2) is 11.3 Å². The number of anilines is 2. The van der Waals surface area contributed by atoms with Crippen molar-refractivity contribution in [3.63, 3.8) is 0 Å². The van der Waals surface area contributed by atoms with E-state index in [2.05, 4.69) is 11.6 Å². The molecule has 4 nitrogen and oxygen atoms in total. The largest absolute Gasteiger partial charge is 0.398 e. The number of benzene rings is 1. The highest BCUT2D eigenvalue weighted by Crippen LogP contribution is 2.27. The minimum Gasteiger partial charge on any atom is -0.398 e. The van der Waals surface area contributed by atoms with E-state index in [4.69, 9.17) is 11.5 Å². The summed E-state index contributed by atoms with van der Waals surface area (Å²) in [7, 11) is 0. The molecule has 18 heavy (non-hydrogen) atoms. The van der Waals surface area contributed by atoms with Gasteiger partial charge in [0.05, 0.1) is 5.69 Å². The van der Waals surface area contributed by atoms with Crippen LogP contribution in [0.1, 0.15) is 5.56 Å². The van der Waals surface area contributed by atoms with Crippen LogP contribution >= 0.6 is 0 Å². The Morgan fingerprint density at radius 2 is 1.94 bits per heavy atom. The van der Waals surface area contributed by atoms with Gasteiger partial charge < -0.3 is 11.5 Å². The van der Waals surface area contributed by atoms with Gasteiger partial charge in [-0.05, 0) is 23.8 Å². The monoisotopic (exact) mass is 239 g/mol. The summed E-state index contributed by atoms with van der Waals surface area (Å²) >= 11 is 0. The average molecular weight is 239 g/mol. The van der Waals surface area contributed by atoms with Gasteiger partial charge in [0.25, 0.3) is 0 Å². The van der Waals surface area contributed by atoms with Gasteiger partial charge in [0.15, 0.2) is 0 Å². The maximum Gasteiger partial charge on any atom is 0.150 e. The van der Waals surface area contributed by atoms with Crippen LogP contribution in [0, 0.1) is 0 Å². The first-order valence-corrected chi connectivity index (χ1v) is 5.36. The third-order valence-electron chi connectivity index (χ3n) is 2.63. The zero-order valence-electron chi connectivity index (χ0n) is 9.76. The Labute approximate surface area is 105 Å². The molecule has 90 valence electrons. The average Bonchev–Trinajstić information content (AvgIpc) is 2.38. The van der Waals surface area contributed by atoms with Crippen LogP contribution < -0.4 is 11.5 Å². The van der Waals surface area contributed by atoms with Gasteiger partial charge in [0.2, 0.25) is 0 Å². The smallest absolute Gasteiger partial charge is 0.150 e. The van der Waals surface area contributed by atoms with Crippen molar-refractivity contribution in [2.45, 2.75) is 0 Å². The summed E-state index contributed by atoms with van der Waals surface area (Å²) in [4.78, 5) is 14.8. The van der Waals surface area contributed by atoms with Crippen molar-refractivity contribution in [1.29, 1.82) is 0 Å². The van der Waals surface area contributed by atoms with Gasteiger partial charge in [-0.25, -0.2) is 0 Å². The van der Waals surface area contributed by atoms with Gasteiger partial charge in [-0.3, -0.25) is 9.78 Å². The fourth-order valence-corrected chi connectivity index (χ4v) is 1.69. The standard InChI is InChI=1S/C14H13N3O/c1-9(8-18)13-5-10(2-3-14(13)16)11-4-12(15)7-17-6-11/h2-8H,1,15-16H2. The molecule has 0 aliphatic rings. The first-order chi connectivity index (χ1) is 8.61. The second-order valence-electron chi connectivity index (χ2n) is 3.95. The zero-order valence-corrected chi connectivity index (χ0v) is 9.76. The van der Waals surface area contributed by atoms with Crippen molar-refractivity contribution in [3.05, 3.63) is 48.8 Å². The fourth-order valence-electron chi connectivity index (χ4n) is 1.69. The van der Waals surface area contributed by atoms with E-state index in [-0.39, 0.29) is 0 Å². The molecule has 0 unspecified atom stereocenters. The van der Waals surface area contributed by atoms with E-state index in [0.717, 1.165) is 11.1 Å². The van der Waals surface area contributed by atoms with Crippen molar-refractivity contribution in [2.24, 2.45) is 0 Å². The van der Waals surface area contributed by atoms with E-state index in [0.29, 0.717) is 28.8 Å². The summed E-state index contributed by atoms with van der Waals surface area (Å²) in [6.45, 7) is 3.67. The number of nitrogen functional groups attached to an aromatic ring is 2. The van der Waals surface area contributed by atoms with Crippen LogP contribution in [-0.2, 0) is 4.79 Å². The molecule has 1 aromatic heterocycles. The lowest BCUT2D eigenvalue weighted by Crippen LogP contribution is -1.95. The van der Waals surface area contributed by atoms with E-state index in [1.165, 1.54) is 0 Å². The minimum absolute atomic E-state index is 0.353. The zero-order chi connectivity index (χ0) is 13.1. The number of hydrogen-bond donors (Lipinski definition) is 2. The summed E-state index contributed by atoms with van der Waals surface area (Å²) in [6, 6.07) is 7.21. The van der Waals surface area contributed by atoms with E-state index >= 15 is 0 Å². The molecule has 0 spiro atoms. The highest BCUT2D eigenvalue weighted by Gasteiger charge is 2.06. The summed E-state index contributed by atoms with van der Waals surface area (Å²) in [5, 5.41) is 0. The molecule has 1 heterocycles. The van der Waals surface area contributed by atoms with Crippen LogP contribution in [0.3, 0.4) is 0 Å². The Bertz CT molecular complexity index is 620. The molecule has 0 saturated carbocycles. The third kappa shape index (κ3) is 2.22. The fraction of sp³-hybridized carbons (Fsp3) is 0. The van der Waals surface area contributed by atoms with Gasteiger partial charge in [-0.1, -0.05) is 12.6 Å². The molecule has 0 bridgehead atoms. The molecule has 4 N–H and O–H groups in total. The third-order valence-corrected chi connectivity index (χ3v) is 2.63. The topological polar surface area (TPSA) is 82.0 Å². The van der Waals surface area contributed by atoms with Crippen molar-refractivity contribution in [1.82, 2.24) is 4.98 Å². The summed E-state index contributed by atoms with van der Waals surface area (Å²) in [5.41, 5.74) is 15.4. The summed E-state index contributed by atoms with van der Waals surface area (Å²) in [5.74, 6) is 0. The quantitative estimate of drug-likeness (QED) is 0.488. The number of nitrogens with zero attached hydrogens (tertiary/aromatic N) is 1. The molecule has 0 aliphatic carbocycles. The van der Waals surface area contributed by atoms with Crippen LogP contribution in [0.15, 0.2) is 43.2 Å². The van der Waals surface area contributed by atoms with Crippen LogP contribution in [0.2, 0.25) is 0 Å². The number of rotatable bonds is 3. The Morgan fingerprint density at radius 3 is 2.61 bits per heavy atom. The number of aldehydes is 1. The Morgan fingerprint density at radius 1 is 1.17 bits per heavy atom. The van der Waals surface area contributed by atoms with Crippen LogP contribution in [0.5, 0.6) is 0 Å². The number of hydrogen-bond acceptors (Lipinski definition) is 4. The summed E-state index contributed by atoms with van der Waals surface area (Å²) in [6.07, 6.45) is 3.97. The number of nitrogens with two attached hydrogens (primary N) is 2. The molecule has 0 saturated heterocycles. The summed E-state index contributed by atoms with van der Waals surface area (Å²) < 4.78 is 0. The van der Waals surface area contributed by atoms with Crippen molar-refractivity contribution in [3.8, 4) is 11.1 Å². The highest BCUT2D eigenvalue weighted by atomic mass is 16.1. The molecule has 4 heteroatoms. The first kappa shape index (κ1) is 11.9. The maximum absolute atomic E-state index is 10.8. The van der Waals surface area contributed by atoms with E-state index < -0.39 is 0 Å².